The molecule has 0 unspecified atom stereocenters. The van der Waals surface area contributed by atoms with Gasteiger partial charge in [0.05, 0.1) is 15.6 Å². The van der Waals surface area contributed by atoms with Crippen LogP contribution in [0.4, 0.5) is 6.01 Å². The van der Waals surface area contributed by atoms with Gasteiger partial charge in [0.2, 0.25) is 5.76 Å². The quantitative estimate of drug-likeness (QED) is 0.779. The third kappa shape index (κ3) is 2.92. The van der Waals surface area contributed by atoms with Crippen LogP contribution in [0.25, 0.3) is 11.5 Å². The van der Waals surface area contributed by atoms with Gasteiger partial charge in [-0.25, -0.2) is 0 Å². The highest BCUT2D eigenvalue weighted by Crippen LogP contribution is 2.37. The molecule has 3 aromatic heterocycles. The summed E-state index contributed by atoms with van der Waals surface area (Å²) in [6.45, 7) is 1.70. The van der Waals surface area contributed by atoms with Crippen LogP contribution in [0, 0.1) is 6.92 Å². The first kappa shape index (κ1) is 14.1. The average Bonchev–Trinajstić information content (AvgIpc) is 3.10. The first-order chi connectivity index (χ1) is 10.0. The third-order valence-electron chi connectivity index (χ3n) is 2.38. The Morgan fingerprint density at radius 2 is 2.14 bits per heavy atom. The molecule has 0 atom stereocenters. The summed E-state index contributed by atoms with van der Waals surface area (Å²) in [6.07, 6.45) is 0. The average molecular weight is 345 g/mol. The Bertz CT molecular complexity index is 810. The molecule has 0 fully saturated rings. The van der Waals surface area contributed by atoms with Gasteiger partial charge in [-0.15, -0.1) is 16.4 Å². The van der Waals surface area contributed by atoms with Gasteiger partial charge in [-0.05, 0) is 13.0 Å². The molecule has 21 heavy (non-hydrogen) atoms. The Balaban J connectivity index is 1.79. The second-order valence-electron chi connectivity index (χ2n) is 3.94. The molecule has 0 saturated carbocycles. The van der Waals surface area contributed by atoms with Crippen molar-refractivity contribution in [3.63, 3.8) is 0 Å². The molecule has 1 N–H and O–H groups in total. The number of carbonyl (C=O) groups is 1. The number of hydrogen-bond donors (Lipinski definition) is 1. The number of aromatic nitrogens is 3. The van der Waals surface area contributed by atoms with E-state index in [-0.39, 0.29) is 17.7 Å². The topological polar surface area (TPSA) is 94.1 Å². The molecular weight excluding hydrogens is 339 g/mol. The van der Waals surface area contributed by atoms with Crippen molar-refractivity contribution in [1.29, 1.82) is 0 Å². The fourth-order valence-electron chi connectivity index (χ4n) is 1.50. The van der Waals surface area contributed by atoms with Gasteiger partial charge >= 0.3 is 6.01 Å². The van der Waals surface area contributed by atoms with Crippen LogP contribution in [0.3, 0.4) is 0 Å². The molecule has 3 rings (SSSR count). The molecule has 0 spiro atoms. The van der Waals surface area contributed by atoms with E-state index in [1.807, 2.05) is 0 Å². The first-order valence-electron chi connectivity index (χ1n) is 5.56. The van der Waals surface area contributed by atoms with Gasteiger partial charge in [-0.2, -0.15) is 0 Å². The van der Waals surface area contributed by atoms with Crippen LogP contribution < -0.4 is 5.32 Å². The number of anilines is 1. The number of rotatable bonds is 3. The summed E-state index contributed by atoms with van der Waals surface area (Å²) in [5.74, 6) is -0.337. The molecule has 0 aliphatic heterocycles. The van der Waals surface area contributed by atoms with Crippen molar-refractivity contribution in [2.75, 3.05) is 5.32 Å². The van der Waals surface area contributed by atoms with E-state index in [4.69, 9.17) is 32.1 Å². The SMILES string of the molecule is Cc1cc(C(=O)Nc2nnc(-c3cc(Cl)sc3Cl)o2)on1. The van der Waals surface area contributed by atoms with Crippen LogP contribution >= 0.6 is 34.5 Å². The zero-order valence-corrected chi connectivity index (χ0v) is 12.7. The zero-order chi connectivity index (χ0) is 15.0. The van der Waals surface area contributed by atoms with E-state index in [1.54, 1.807) is 13.0 Å². The van der Waals surface area contributed by atoms with Crippen molar-refractivity contribution in [1.82, 2.24) is 15.4 Å². The Morgan fingerprint density at radius 1 is 1.33 bits per heavy atom. The highest BCUT2D eigenvalue weighted by atomic mass is 35.5. The number of hydrogen-bond acceptors (Lipinski definition) is 7. The number of nitrogens with zero attached hydrogens (tertiary/aromatic N) is 3. The number of thiophene rings is 1. The standard InChI is InChI=1S/C11H6Cl2N4O3S/c1-4-2-6(20-17-4)9(18)14-11-16-15-10(19-11)5-3-7(12)21-8(5)13/h2-3H,1H3,(H,14,16,18). The van der Waals surface area contributed by atoms with Crippen molar-refractivity contribution in [2.24, 2.45) is 0 Å². The maximum absolute atomic E-state index is 11.8. The predicted molar refractivity (Wildman–Crippen MR) is 76.8 cm³/mol. The highest BCUT2D eigenvalue weighted by molar-refractivity contribution is 7.20. The van der Waals surface area contributed by atoms with E-state index < -0.39 is 5.91 Å². The molecule has 10 heteroatoms. The predicted octanol–water partition coefficient (Wildman–Crippen LogP) is 3.65. The minimum absolute atomic E-state index is 0.0452. The van der Waals surface area contributed by atoms with Crippen LogP contribution in [0.5, 0.6) is 0 Å². The smallest absolute Gasteiger partial charge is 0.322 e. The van der Waals surface area contributed by atoms with Gasteiger partial charge in [0, 0.05) is 6.07 Å². The van der Waals surface area contributed by atoms with Crippen molar-refractivity contribution >= 4 is 46.5 Å². The van der Waals surface area contributed by atoms with Crippen LogP contribution in [-0.2, 0) is 0 Å². The van der Waals surface area contributed by atoms with Crippen molar-refractivity contribution < 1.29 is 13.7 Å². The third-order valence-corrected chi connectivity index (χ3v) is 3.87. The molecule has 3 aromatic rings. The lowest BCUT2D eigenvalue weighted by molar-refractivity contribution is 0.0985. The first-order valence-corrected chi connectivity index (χ1v) is 7.13. The summed E-state index contributed by atoms with van der Waals surface area (Å²) in [6, 6.07) is 3.01. The molecule has 0 aliphatic carbocycles. The molecule has 0 saturated heterocycles. The van der Waals surface area contributed by atoms with Gasteiger partial charge in [-0.3, -0.25) is 10.1 Å². The minimum atomic E-state index is -0.541. The van der Waals surface area contributed by atoms with Gasteiger partial charge < -0.3 is 8.94 Å². The van der Waals surface area contributed by atoms with Crippen LogP contribution in [0.2, 0.25) is 8.67 Å². The molecule has 1 amide bonds. The lowest BCUT2D eigenvalue weighted by Gasteiger charge is -1.94. The minimum Gasteiger partial charge on any atom is -0.403 e. The van der Waals surface area contributed by atoms with Crippen LogP contribution in [0.15, 0.2) is 21.1 Å². The Morgan fingerprint density at radius 3 is 2.76 bits per heavy atom. The molecular formula is C11H6Cl2N4O3S. The Hall–Kier alpha value is -1.90. The van der Waals surface area contributed by atoms with Crippen LogP contribution in [0.1, 0.15) is 16.2 Å². The molecule has 7 nitrogen and oxygen atoms in total. The van der Waals surface area contributed by atoms with Gasteiger partial charge in [-0.1, -0.05) is 33.5 Å². The number of carbonyl (C=O) groups excluding carboxylic acids is 1. The molecule has 0 radical (unpaired) electrons. The molecule has 3 heterocycles. The van der Waals surface area contributed by atoms with Crippen LogP contribution in [-0.4, -0.2) is 21.3 Å². The number of aryl methyl sites for hydroxylation is 1. The molecule has 0 aromatic carbocycles. The van der Waals surface area contributed by atoms with E-state index in [1.165, 1.54) is 17.4 Å². The van der Waals surface area contributed by atoms with E-state index in [9.17, 15) is 4.79 Å². The lowest BCUT2D eigenvalue weighted by Crippen LogP contribution is -2.11. The fourth-order valence-corrected chi connectivity index (χ4v) is 2.95. The molecule has 108 valence electrons. The maximum atomic E-state index is 11.8. The van der Waals surface area contributed by atoms with E-state index in [2.05, 4.69) is 20.7 Å². The van der Waals surface area contributed by atoms with E-state index in [0.29, 0.717) is 19.9 Å². The summed E-state index contributed by atoms with van der Waals surface area (Å²) < 4.78 is 11.1. The summed E-state index contributed by atoms with van der Waals surface area (Å²) in [7, 11) is 0. The van der Waals surface area contributed by atoms with Gasteiger partial charge in [0.15, 0.2) is 0 Å². The van der Waals surface area contributed by atoms with Crippen molar-refractivity contribution in [2.45, 2.75) is 6.92 Å². The number of nitrogens with one attached hydrogen (secondary N) is 1. The number of amides is 1. The fraction of sp³-hybridized carbons (Fsp3) is 0.0909. The summed E-state index contributed by atoms with van der Waals surface area (Å²) in [5.41, 5.74) is 1.10. The highest BCUT2D eigenvalue weighted by Gasteiger charge is 2.18. The zero-order valence-electron chi connectivity index (χ0n) is 10.4. The summed E-state index contributed by atoms with van der Waals surface area (Å²) in [5, 5.41) is 13.5. The second kappa shape index (κ2) is 5.47. The van der Waals surface area contributed by atoms with E-state index in [0.717, 1.165) is 0 Å². The summed E-state index contributed by atoms with van der Waals surface area (Å²) in [4.78, 5) is 11.8. The van der Waals surface area contributed by atoms with E-state index >= 15 is 0 Å². The second-order valence-corrected chi connectivity index (χ2v) is 6.22. The summed E-state index contributed by atoms with van der Waals surface area (Å²) >= 11 is 13.0. The van der Waals surface area contributed by atoms with Gasteiger partial charge in [0.1, 0.15) is 4.34 Å². The largest absolute Gasteiger partial charge is 0.403 e. The van der Waals surface area contributed by atoms with Crippen molar-refractivity contribution in [3.05, 3.63) is 32.3 Å². The van der Waals surface area contributed by atoms with Crippen molar-refractivity contribution in [3.8, 4) is 11.5 Å². The number of halogens is 2. The Kier molecular flexibility index (Phi) is 3.66. The molecule has 0 aliphatic rings. The lowest BCUT2D eigenvalue weighted by atomic mass is 10.3. The Labute approximate surface area is 131 Å². The normalized spacial score (nSPS) is 10.8. The molecule has 0 bridgehead atoms. The maximum Gasteiger partial charge on any atom is 0.322 e. The monoisotopic (exact) mass is 344 g/mol. The van der Waals surface area contributed by atoms with Gasteiger partial charge in [0.25, 0.3) is 11.8 Å².